The molecule has 1 saturated carbocycles. The van der Waals surface area contributed by atoms with Crippen LogP contribution in [0.4, 0.5) is 5.82 Å². The Balaban J connectivity index is 2.09. The van der Waals surface area contributed by atoms with Crippen LogP contribution in [0.2, 0.25) is 0 Å². The number of aryl methyl sites for hydroxylation is 1. The molecule has 0 spiro atoms. The van der Waals surface area contributed by atoms with Gasteiger partial charge < -0.3 is 10.1 Å². The van der Waals surface area contributed by atoms with Crippen molar-refractivity contribution in [3.8, 4) is 5.88 Å². The Morgan fingerprint density at radius 2 is 2.19 bits per heavy atom. The Kier molecular flexibility index (Phi) is 2.74. The predicted octanol–water partition coefficient (Wildman–Crippen LogP) is 2.39. The summed E-state index contributed by atoms with van der Waals surface area (Å²) >= 11 is 0. The van der Waals surface area contributed by atoms with Crippen LogP contribution in [0, 0.1) is 12.3 Å². The molecule has 1 heterocycles. The fourth-order valence-electron chi connectivity index (χ4n) is 1.73. The summed E-state index contributed by atoms with van der Waals surface area (Å²) in [7, 11) is 0. The van der Waals surface area contributed by atoms with E-state index in [4.69, 9.17) is 4.74 Å². The average Bonchev–Trinajstić information content (AvgIpc) is 2.72. The molecule has 1 unspecified atom stereocenters. The Hall–Kier alpha value is -1.32. The number of nitrogens with one attached hydrogen (secondary N) is 1. The zero-order valence-electron chi connectivity index (χ0n) is 10.4. The lowest BCUT2D eigenvalue weighted by atomic mass is 10.2. The van der Waals surface area contributed by atoms with Gasteiger partial charge in [0.2, 0.25) is 5.88 Å². The molecule has 0 radical (unpaired) electrons. The van der Waals surface area contributed by atoms with Crippen molar-refractivity contribution in [2.24, 2.45) is 5.41 Å². The summed E-state index contributed by atoms with van der Waals surface area (Å²) in [5, 5.41) is 3.41. The van der Waals surface area contributed by atoms with Crippen LogP contribution in [-0.2, 0) is 0 Å². The van der Waals surface area contributed by atoms with E-state index in [2.05, 4.69) is 29.1 Å². The van der Waals surface area contributed by atoms with E-state index >= 15 is 0 Å². The van der Waals surface area contributed by atoms with Gasteiger partial charge in [0.05, 0.1) is 6.61 Å². The lowest BCUT2D eigenvalue weighted by molar-refractivity contribution is 0.325. The first-order valence-electron chi connectivity index (χ1n) is 5.76. The number of rotatable bonds is 4. The van der Waals surface area contributed by atoms with Crippen LogP contribution >= 0.6 is 0 Å². The van der Waals surface area contributed by atoms with E-state index in [1.54, 1.807) is 0 Å². The first kappa shape index (κ1) is 11.2. The average molecular weight is 221 g/mol. The minimum Gasteiger partial charge on any atom is -0.478 e. The third kappa shape index (κ3) is 2.43. The summed E-state index contributed by atoms with van der Waals surface area (Å²) in [4.78, 5) is 8.57. The minimum absolute atomic E-state index is 0.393. The molecule has 1 aromatic rings. The molecule has 0 saturated heterocycles. The first-order valence-corrected chi connectivity index (χ1v) is 5.76. The number of anilines is 1. The van der Waals surface area contributed by atoms with Crippen molar-refractivity contribution >= 4 is 5.82 Å². The smallest absolute Gasteiger partial charge is 0.218 e. The molecule has 1 aliphatic rings. The molecule has 16 heavy (non-hydrogen) atoms. The molecule has 1 aliphatic carbocycles. The van der Waals surface area contributed by atoms with Gasteiger partial charge in [0, 0.05) is 12.1 Å². The van der Waals surface area contributed by atoms with Crippen LogP contribution in [0.25, 0.3) is 0 Å². The largest absolute Gasteiger partial charge is 0.478 e. The van der Waals surface area contributed by atoms with Crippen LogP contribution in [-0.4, -0.2) is 22.6 Å². The summed E-state index contributed by atoms with van der Waals surface area (Å²) in [5.41, 5.74) is 0.393. The highest BCUT2D eigenvalue weighted by Gasteiger charge is 2.45. The van der Waals surface area contributed by atoms with Gasteiger partial charge in [0.25, 0.3) is 0 Å². The number of hydrogen-bond acceptors (Lipinski definition) is 4. The highest BCUT2D eigenvalue weighted by Crippen LogP contribution is 2.46. The predicted molar refractivity (Wildman–Crippen MR) is 63.7 cm³/mol. The molecule has 0 aromatic carbocycles. The van der Waals surface area contributed by atoms with Crippen LogP contribution in [0.3, 0.4) is 0 Å². The van der Waals surface area contributed by atoms with Gasteiger partial charge in [-0.15, -0.1) is 0 Å². The molecule has 1 aromatic heterocycles. The van der Waals surface area contributed by atoms with E-state index in [9.17, 15) is 0 Å². The van der Waals surface area contributed by atoms with Crippen LogP contribution in [0.1, 0.15) is 33.0 Å². The van der Waals surface area contributed by atoms with E-state index < -0.39 is 0 Å². The van der Waals surface area contributed by atoms with Gasteiger partial charge in [0.1, 0.15) is 11.6 Å². The highest BCUT2D eigenvalue weighted by atomic mass is 16.5. The molecule has 1 N–H and O–H groups in total. The maximum absolute atomic E-state index is 5.39. The van der Waals surface area contributed by atoms with E-state index in [-0.39, 0.29) is 0 Å². The summed E-state index contributed by atoms with van der Waals surface area (Å²) < 4.78 is 5.39. The second-order valence-corrected chi connectivity index (χ2v) is 4.96. The van der Waals surface area contributed by atoms with Gasteiger partial charge >= 0.3 is 0 Å². The van der Waals surface area contributed by atoms with Crippen molar-refractivity contribution in [2.45, 2.75) is 40.2 Å². The van der Waals surface area contributed by atoms with Gasteiger partial charge in [-0.2, -0.15) is 4.98 Å². The van der Waals surface area contributed by atoms with Crippen molar-refractivity contribution in [3.63, 3.8) is 0 Å². The molecule has 1 fully saturated rings. The van der Waals surface area contributed by atoms with Crippen molar-refractivity contribution in [2.75, 3.05) is 11.9 Å². The zero-order valence-corrected chi connectivity index (χ0v) is 10.4. The SMILES string of the molecule is CCOc1cc(NC2CC2(C)C)nc(C)n1. The maximum Gasteiger partial charge on any atom is 0.218 e. The first-order chi connectivity index (χ1) is 7.51. The fraction of sp³-hybridized carbons (Fsp3) is 0.667. The van der Waals surface area contributed by atoms with Crippen LogP contribution < -0.4 is 10.1 Å². The Labute approximate surface area is 96.4 Å². The summed E-state index contributed by atoms with van der Waals surface area (Å²) in [6.45, 7) is 8.97. The zero-order chi connectivity index (χ0) is 11.8. The molecule has 4 heteroatoms. The van der Waals surface area contributed by atoms with Crippen LogP contribution in [0.5, 0.6) is 5.88 Å². The van der Waals surface area contributed by atoms with Gasteiger partial charge in [-0.1, -0.05) is 13.8 Å². The maximum atomic E-state index is 5.39. The quantitative estimate of drug-likeness (QED) is 0.848. The van der Waals surface area contributed by atoms with E-state index in [1.807, 2.05) is 19.9 Å². The number of aromatic nitrogens is 2. The molecule has 88 valence electrons. The van der Waals surface area contributed by atoms with Gasteiger partial charge in [-0.05, 0) is 25.7 Å². The third-order valence-corrected chi connectivity index (χ3v) is 2.94. The highest BCUT2D eigenvalue weighted by molar-refractivity contribution is 5.41. The van der Waals surface area contributed by atoms with Crippen molar-refractivity contribution in [1.29, 1.82) is 0 Å². The van der Waals surface area contributed by atoms with Gasteiger partial charge in [-0.3, -0.25) is 0 Å². The normalized spacial score (nSPS) is 21.6. The standard InChI is InChI=1S/C12H19N3O/c1-5-16-11-6-10(13-8(2)14-11)15-9-7-12(9,3)4/h6,9H,5,7H2,1-4H3,(H,13,14,15). The minimum atomic E-state index is 0.393. The van der Waals surface area contributed by atoms with Crippen molar-refractivity contribution in [1.82, 2.24) is 9.97 Å². The van der Waals surface area contributed by atoms with E-state index in [1.165, 1.54) is 6.42 Å². The van der Waals surface area contributed by atoms with Crippen molar-refractivity contribution in [3.05, 3.63) is 11.9 Å². The Bertz CT molecular complexity index is 390. The van der Waals surface area contributed by atoms with Gasteiger partial charge in [-0.25, -0.2) is 4.98 Å². The van der Waals surface area contributed by atoms with E-state index in [0.717, 1.165) is 11.6 Å². The third-order valence-electron chi connectivity index (χ3n) is 2.94. The monoisotopic (exact) mass is 221 g/mol. The molecular weight excluding hydrogens is 202 g/mol. The number of hydrogen-bond donors (Lipinski definition) is 1. The van der Waals surface area contributed by atoms with Crippen molar-refractivity contribution < 1.29 is 4.74 Å². The summed E-state index contributed by atoms with van der Waals surface area (Å²) in [6.07, 6.45) is 1.19. The van der Waals surface area contributed by atoms with Crippen LogP contribution in [0.15, 0.2) is 6.07 Å². The molecule has 0 bridgehead atoms. The molecule has 0 amide bonds. The second-order valence-electron chi connectivity index (χ2n) is 4.96. The molecule has 2 rings (SSSR count). The fourth-order valence-corrected chi connectivity index (χ4v) is 1.73. The number of ether oxygens (including phenoxy) is 1. The van der Waals surface area contributed by atoms with Gasteiger partial charge in [0.15, 0.2) is 0 Å². The Morgan fingerprint density at radius 3 is 2.75 bits per heavy atom. The summed E-state index contributed by atoms with van der Waals surface area (Å²) in [5.74, 6) is 2.26. The topological polar surface area (TPSA) is 47.0 Å². The molecule has 1 atom stereocenters. The second kappa shape index (κ2) is 3.92. The summed E-state index contributed by atoms with van der Waals surface area (Å²) in [6, 6.07) is 2.39. The lowest BCUT2D eigenvalue weighted by Crippen LogP contribution is -2.11. The van der Waals surface area contributed by atoms with E-state index in [0.29, 0.717) is 23.9 Å². The number of nitrogens with zero attached hydrogens (tertiary/aromatic N) is 2. The molecule has 4 nitrogen and oxygen atoms in total. The molecule has 0 aliphatic heterocycles. The molecular formula is C12H19N3O. The lowest BCUT2D eigenvalue weighted by Gasteiger charge is -2.09. The Morgan fingerprint density at radius 1 is 1.50 bits per heavy atom.